The van der Waals surface area contributed by atoms with E-state index in [-0.39, 0.29) is 17.2 Å². The van der Waals surface area contributed by atoms with Crippen LogP contribution in [0.15, 0.2) is 29.8 Å². The van der Waals surface area contributed by atoms with Gasteiger partial charge in [-0.15, -0.1) is 0 Å². The number of aromatic amines is 1. The van der Waals surface area contributed by atoms with Crippen molar-refractivity contribution in [2.24, 2.45) is 5.41 Å². The second-order valence-electron chi connectivity index (χ2n) is 8.47. The number of nitrogens with one attached hydrogen (secondary N) is 2. The van der Waals surface area contributed by atoms with Crippen LogP contribution in [0.2, 0.25) is 0 Å². The number of H-pyrrole nitrogens is 1. The first-order chi connectivity index (χ1) is 12.3. The van der Waals surface area contributed by atoms with Gasteiger partial charge in [0.1, 0.15) is 0 Å². The van der Waals surface area contributed by atoms with E-state index in [1.807, 2.05) is 21.0 Å². The monoisotopic (exact) mass is 350 g/mol. The topological polar surface area (TPSA) is 61.0 Å². The van der Waals surface area contributed by atoms with E-state index in [4.69, 9.17) is 0 Å². The molecule has 1 aromatic heterocycles. The van der Waals surface area contributed by atoms with Gasteiger partial charge in [0.05, 0.1) is 6.04 Å². The van der Waals surface area contributed by atoms with Crippen LogP contribution in [0.4, 0.5) is 11.5 Å². The van der Waals surface area contributed by atoms with Crippen molar-refractivity contribution in [2.45, 2.75) is 39.7 Å². The fourth-order valence-corrected chi connectivity index (χ4v) is 4.22. The number of nitrogens with zero attached hydrogens (tertiary/aromatic N) is 2. The third-order valence-corrected chi connectivity index (χ3v) is 5.48. The summed E-state index contributed by atoms with van der Waals surface area (Å²) in [4.78, 5) is 15.2. The van der Waals surface area contributed by atoms with E-state index < -0.39 is 0 Å². The number of fused-ring (bicyclic) bond motifs is 2. The maximum Gasteiger partial charge on any atom is 0.162 e. The van der Waals surface area contributed by atoms with Gasteiger partial charge >= 0.3 is 0 Å². The molecule has 2 aliphatic rings. The Kier molecular flexibility index (Phi) is 3.72. The lowest BCUT2D eigenvalue weighted by Crippen LogP contribution is -2.33. The van der Waals surface area contributed by atoms with E-state index >= 15 is 0 Å². The second kappa shape index (κ2) is 5.73. The molecule has 1 aliphatic carbocycles. The molecule has 0 saturated carbocycles. The van der Waals surface area contributed by atoms with Gasteiger partial charge in [0, 0.05) is 43.0 Å². The molecule has 0 saturated heterocycles. The number of benzene rings is 1. The predicted molar refractivity (Wildman–Crippen MR) is 105 cm³/mol. The summed E-state index contributed by atoms with van der Waals surface area (Å²) in [6.07, 6.45) is 1.49. The van der Waals surface area contributed by atoms with Crippen LogP contribution < -0.4 is 10.2 Å². The zero-order valence-corrected chi connectivity index (χ0v) is 16.1. The zero-order chi connectivity index (χ0) is 18.6. The van der Waals surface area contributed by atoms with Gasteiger partial charge in [0.15, 0.2) is 11.6 Å². The molecule has 0 spiro atoms. The summed E-state index contributed by atoms with van der Waals surface area (Å²) in [5.74, 6) is 1.10. The summed E-state index contributed by atoms with van der Waals surface area (Å²) in [7, 11) is 4.06. The Labute approximate surface area is 154 Å². The van der Waals surface area contributed by atoms with Gasteiger partial charge in [-0.3, -0.25) is 9.89 Å². The van der Waals surface area contributed by atoms with Gasteiger partial charge in [0.25, 0.3) is 0 Å². The third-order valence-electron chi connectivity index (χ3n) is 5.48. The number of hydrogen-bond acceptors (Lipinski definition) is 4. The average Bonchev–Trinajstić information content (AvgIpc) is 2.94. The van der Waals surface area contributed by atoms with Crippen LogP contribution in [0.1, 0.15) is 49.6 Å². The summed E-state index contributed by atoms with van der Waals surface area (Å²) in [6, 6.07) is 8.27. The van der Waals surface area contributed by atoms with Gasteiger partial charge < -0.3 is 10.2 Å². The van der Waals surface area contributed by atoms with Crippen LogP contribution in [0, 0.1) is 12.3 Å². The summed E-state index contributed by atoms with van der Waals surface area (Å²) in [6.45, 7) is 6.37. The van der Waals surface area contributed by atoms with E-state index in [0.717, 1.165) is 45.9 Å². The molecular formula is C21H26N4O. The fourth-order valence-electron chi connectivity index (χ4n) is 4.22. The SMILES string of the molecule is Cc1[nH]nc2c1C1=C(C(=O)CC(C)(C)C1)[C@H](c1ccc(N(C)C)cc1)N2. The molecular weight excluding hydrogens is 324 g/mol. The van der Waals surface area contributed by atoms with E-state index in [1.54, 1.807) is 0 Å². The third kappa shape index (κ3) is 2.62. The van der Waals surface area contributed by atoms with Crippen molar-refractivity contribution in [3.63, 3.8) is 0 Å². The molecule has 0 fully saturated rings. The highest BCUT2D eigenvalue weighted by Gasteiger charge is 2.41. The van der Waals surface area contributed by atoms with Crippen LogP contribution >= 0.6 is 0 Å². The number of anilines is 2. The van der Waals surface area contributed by atoms with Crippen molar-refractivity contribution in [3.8, 4) is 0 Å². The highest BCUT2D eigenvalue weighted by molar-refractivity contribution is 6.08. The van der Waals surface area contributed by atoms with Crippen molar-refractivity contribution in [3.05, 3.63) is 46.7 Å². The van der Waals surface area contributed by atoms with Crippen LogP contribution in [-0.2, 0) is 4.79 Å². The lowest BCUT2D eigenvalue weighted by molar-refractivity contribution is -0.118. The van der Waals surface area contributed by atoms with E-state index in [9.17, 15) is 4.79 Å². The molecule has 2 N–H and O–H groups in total. The minimum Gasteiger partial charge on any atom is -0.378 e. The molecule has 0 radical (unpaired) electrons. The summed E-state index contributed by atoms with van der Waals surface area (Å²) in [5.41, 5.74) is 6.41. The smallest absolute Gasteiger partial charge is 0.162 e. The van der Waals surface area contributed by atoms with Gasteiger partial charge in [-0.25, -0.2) is 0 Å². The Bertz CT molecular complexity index is 903. The Morgan fingerprint density at radius 1 is 1.15 bits per heavy atom. The molecule has 4 rings (SSSR count). The largest absolute Gasteiger partial charge is 0.378 e. The second-order valence-corrected chi connectivity index (χ2v) is 8.47. The summed E-state index contributed by atoms with van der Waals surface area (Å²) in [5, 5.41) is 11.0. The highest BCUT2D eigenvalue weighted by Crippen LogP contribution is 2.50. The first kappa shape index (κ1) is 16.9. The molecule has 0 amide bonds. The number of allylic oxidation sites excluding steroid dienone is 1. The normalized spacial score (nSPS) is 21.1. The highest BCUT2D eigenvalue weighted by atomic mass is 16.1. The Morgan fingerprint density at radius 2 is 1.85 bits per heavy atom. The number of ketones is 1. The number of rotatable bonds is 2. The van der Waals surface area contributed by atoms with Crippen molar-refractivity contribution >= 4 is 22.9 Å². The van der Waals surface area contributed by atoms with Crippen molar-refractivity contribution in [1.29, 1.82) is 0 Å². The molecule has 1 aliphatic heterocycles. The van der Waals surface area contributed by atoms with Gasteiger partial charge in [-0.1, -0.05) is 26.0 Å². The van der Waals surface area contributed by atoms with Gasteiger partial charge in [0.2, 0.25) is 0 Å². The minimum absolute atomic E-state index is 0.0203. The molecule has 5 nitrogen and oxygen atoms in total. The summed E-state index contributed by atoms with van der Waals surface area (Å²) < 4.78 is 0. The van der Waals surface area contributed by atoms with Crippen LogP contribution in [-0.4, -0.2) is 30.1 Å². The zero-order valence-electron chi connectivity index (χ0n) is 16.1. The van der Waals surface area contributed by atoms with Crippen molar-refractivity contribution in [1.82, 2.24) is 10.2 Å². The molecule has 0 bridgehead atoms. The lowest BCUT2D eigenvalue weighted by Gasteiger charge is -2.38. The quantitative estimate of drug-likeness (QED) is 0.856. The maximum atomic E-state index is 13.1. The number of aromatic nitrogens is 2. The van der Waals surface area contributed by atoms with Crippen LogP contribution in [0.5, 0.6) is 0 Å². The number of Topliss-reactive ketones (excluding diaryl/α,β-unsaturated/α-hetero) is 1. The number of carbonyl (C=O) groups excluding carboxylic acids is 1. The van der Waals surface area contributed by atoms with Crippen LogP contribution in [0.25, 0.3) is 5.57 Å². The number of aryl methyl sites for hydroxylation is 1. The first-order valence-corrected chi connectivity index (χ1v) is 9.12. The van der Waals surface area contributed by atoms with Crippen molar-refractivity contribution in [2.75, 3.05) is 24.3 Å². The average molecular weight is 350 g/mol. The number of hydrogen-bond donors (Lipinski definition) is 2. The molecule has 5 heteroatoms. The summed E-state index contributed by atoms with van der Waals surface area (Å²) >= 11 is 0. The van der Waals surface area contributed by atoms with E-state index in [2.05, 4.69) is 58.5 Å². The molecule has 1 atom stereocenters. The van der Waals surface area contributed by atoms with Gasteiger partial charge in [-0.2, -0.15) is 5.10 Å². The lowest BCUT2D eigenvalue weighted by atomic mass is 9.68. The van der Waals surface area contributed by atoms with Crippen LogP contribution in [0.3, 0.4) is 0 Å². The Morgan fingerprint density at radius 3 is 2.50 bits per heavy atom. The first-order valence-electron chi connectivity index (χ1n) is 9.12. The van der Waals surface area contributed by atoms with Gasteiger partial charge in [-0.05, 0) is 42.0 Å². The molecule has 136 valence electrons. The molecule has 0 unspecified atom stereocenters. The Balaban J connectivity index is 1.85. The Hall–Kier alpha value is -2.56. The number of carbonyl (C=O) groups is 1. The maximum absolute atomic E-state index is 13.1. The predicted octanol–water partition coefficient (Wildman–Crippen LogP) is 4.09. The minimum atomic E-state index is -0.139. The molecule has 2 heterocycles. The fraction of sp³-hybridized carbons (Fsp3) is 0.429. The van der Waals surface area contributed by atoms with E-state index in [1.165, 1.54) is 0 Å². The molecule has 1 aromatic carbocycles. The molecule has 2 aromatic rings. The van der Waals surface area contributed by atoms with E-state index in [0.29, 0.717) is 6.42 Å². The van der Waals surface area contributed by atoms with Crippen molar-refractivity contribution < 1.29 is 4.79 Å². The molecule has 26 heavy (non-hydrogen) atoms. The standard InChI is InChI=1S/C21H26N4O/c1-12-17-15-10-21(2,3)11-16(26)18(15)19(22-20(17)24-23-12)13-6-8-14(9-7-13)25(4)5/h6-9,19H,10-11H2,1-5H3,(H2,22,23,24)/t19-/m0/s1.